The van der Waals surface area contributed by atoms with E-state index in [0.717, 1.165) is 24.6 Å². The first-order valence-corrected chi connectivity index (χ1v) is 8.91. The summed E-state index contributed by atoms with van der Waals surface area (Å²) in [6.07, 6.45) is 2.01. The van der Waals surface area contributed by atoms with Gasteiger partial charge in [-0.1, -0.05) is 23.9 Å². The van der Waals surface area contributed by atoms with Gasteiger partial charge in [-0.25, -0.2) is 4.98 Å². The standard InChI is InChI=1S/C17H19N3O4S/c1-10(15(22)18-11-7-8-11)25-17-19-13-6-4-3-5-12(13)16(23)20(17)9-14(21)24-2/h3-6,10-11H,7-9H2,1-2H3,(H,18,22)/t10-/m1/s1. The zero-order valence-electron chi connectivity index (χ0n) is 14.0. The van der Waals surface area contributed by atoms with Crippen LogP contribution in [0.1, 0.15) is 19.8 Å². The van der Waals surface area contributed by atoms with Crippen LogP contribution in [-0.4, -0.2) is 39.8 Å². The maximum atomic E-state index is 12.7. The molecular weight excluding hydrogens is 342 g/mol. The Morgan fingerprint density at radius 2 is 2.12 bits per heavy atom. The number of carbonyl (C=O) groups excluding carboxylic acids is 2. The summed E-state index contributed by atoms with van der Waals surface area (Å²) in [6.45, 7) is 1.51. The number of methoxy groups -OCH3 is 1. The van der Waals surface area contributed by atoms with Gasteiger partial charge < -0.3 is 10.1 Å². The maximum absolute atomic E-state index is 12.7. The third kappa shape index (κ3) is 4.01. The van der Waals surface area contributed by atoms with Crippen molar-refractivity contribution < 1.29 is 14.3 Å². The molecule has 1 atom stereocenters. The molecule has 0 bridgehead atoms. The number of amides is 1. The van der Waals surface area contributed by atoms with E-state index < -0.39 is 11.2 Å². The number of fused-ring (bicyclic) bond motifs is 1. The molecule has 132 valence electrons. The normalized spacial score (nSPS) is 15.0. The lowest BCUT2D eigenvalue weighted by atomic mass is 10.2. The second kappa shape index (κ2) is 7.26. The number of para-hydroxylation sites is 1. The van der Waals surface area contributed by atoms with Crippen LogP contribution in [0.4, 0.5) is 0 Å². The van der Waals surface area contributed by atoms with Gasteiger partial charge in [-0.15, -0.1) is 0 Å². The molecule has 1 aromatic carbocycles. The summed E-state index contributed by atoms with van der Waals surface area (Å²) in [4.78, 5) is 41.1. The van der Waals surface area contributed by atoms with Gasteiger partial charge in [0.15, 0.2) is 5.16 Å². The number of ether oxygens (including phenoxy) is 1. The van der Waals surface area contributed by atoms with Gasteiger partial charge in [0.1, 0.15) is 6.54 Å². The molecule has 25 heavy (non-hydrogen) atoms. The summed E-state index contributed by atoms with van der Waals surface area (Å²) in [6, 6.07) is 7.19. The van der Waals surface area contributed by atoms with E-state index in [-0.39, 0.29) is 24.1 Å². The van der Waals surface area contributed by atoms with Crippen LogP contribution in [0.2, 0.25) is 0 Å². The Hall–Kier alpha value is -2.35. The second-order valence-corrected chi connectivity index (χ2v) is 7.23. The number of carbonyl (C=O) groups is 2. The van der Waals surface area contributed by atoms with Crippen LogP contribution in [0.15, 0.2) is 34.2 Å². The Morgan fingerprint density at radius 1 is 1.40 bits per heavy atom. The molecule has 1 fully saturated rings. The number of hydrogen-bond donors (Lipinski definition) is 1. The Morgan fingerprint density at radius 3 is 2.80 bits per heavy atom. The highest BCUT2D eigenvalue weighted by Gasteiger charge is 2.27. The van der Waals surface area contributed by atoms with Crippen LogP contribution < -0.4 is 10.9 Å². The van der Waals surface area contributed by atoms with Gasteiger partial charge >= 0.3 is 5.97 Å². The SMILES string of the molecule is COC(=O)Cn1c(S[C@H](C)C(=O)NC2CC2)nc2ccccc2c1=O. The summed E-state index contributed by atoms with van der Waals surface area (Å²) in [5.41, 5.74) is 0.208. The van der Waals surface area contributed by atoms with Gasteiger partial charge in [-0.05, 0) is 31.9 Å². The van der Waals surface area contributed by atoms with Gasteiger partial charge in [-0.2, -0.15) is 0 Å². The summed E-state index contributed by atoms with van der Waals surface area (Å²) < 4.78 is 5.94. The first-order chi connectivity index (χ1) is 12.0. The van der Waals surface area contributed by atoms with Crippen molar-refractivity contribution >= 4 is 34.5 Å². The molecule has 8 heteroatoms. The van der Waals surface area contributed by atoms with Crippen molar-refractivity contribution in [2.45, 2.75) is 42.8 Å². The summed E-state index contributed by atoms with van der Waals surface area (Å²) in [7, 11) is 1.26. The van der Waals surface area contributed by atoms with Crippen molar-refractivity contribution in [3.8, 4) is 0 Å². The first-order valence-electron chi connectivity index (χ1n) is 8.03. The number of nitrogens with zero attached hydrogens (tertiary/aromatic N) is 2. The van der Waals surface area contributed by atoms with E-state index in [9.17, 15) is 14.4 Å². The third-order valence-corrected chi connectivity index (χ3v) is 5.01. The van der Waals surface area contributed by atoms with E-state index in [4.69, 9.17) is 0 Å². The van der Waals surface area contributed by atoms with Crippen LogP contribution in [0.5, 0.6) is 0 Å². The lowest BCUT2D eigenvalue weighted by Crippen LogP contribution is -2.34. The van der Waals surface area contributed by atoms with Crippen molar-refractivity contribution in [1.29, 1.82) is 0 Å². The number of rotatable bonds is 6. The first kappa shape index (κ1) is 17.5. The molecule has 3 rings (SSSR count). The Balaban J connectivity index is 1.95. The number of nitrogens with one attached hydrogen (secondary N) is 1. The van der Waals surface area contributed by atoms with E-state index >= 15 is 0 Å². The van der Waals surface area contributed by atoms with Gasteiger partial charge in [0.2, 0.25) is 5.91 Å². The second-order valence-electron chi connectivity index (χ2n) is 5.92. The van der Waals surface area contributed by atoms with Crippen molar-refractivity contribution in [3.63, 3.8) is 0 Å². The fourth-order valence-corrected chi connectivity index (χ4v) is 3.25. The molecule has 1 N–H and O–H groups in total. The van der Waals surface area contributed by atoms with E-state index in [1.54, 1.807) is 31.2 Å². The predicted octanol–water partition coefficient (Wildman–Crippen LogP) is 1.33. The van der Waals surface area contributed by atoms with Crippen LogP contribution >= 0.6 is 11.8 Å². The van der Waals surface area contributed by atoms with Gasteiger partial charge in [0.25, 0.3) is 5.56 Å². The van der Waals surface area contributed by atoms with Crippen molar-refractivity contribution in [1.82, 2.24) is 14.9 Å². The smallest absolute Gasteiger partial charge is 0.325 e. The zero-order chi connectivity index (χ0) is 18.0. The van der Waals surface area contributed by atoms with E-state index in [0.29, 0.717) is 16.1 Å². The van der Waals surface area contributed by atoms with Crippen molar-refractivity contribution in [2.75, 3.05) is 7.11 Å². The van der Waals surface area contributed by atoms with Crippen LogP contribution in [0.3, 0.4) is 0 Å². The Kier molecular flexibility index (Phi) is 5.08. The van der Waals surface area contributed by atoms with Gasteiger partial charge in [0, 0.05) is 6.04 Å². The maximum Gasteiger partial charge on any atom is 0.325 e. The van der Waals surface area contributed by atoms with Gasteiger partial charge in [-0.3, -0.25) is 19.0 Å². The highest BCUT2D eigenvalue weighted by Crippen LogP contribution is 2.25. The summed E-state index contributed by atoms with van der Waals surface area (Å²) in [5.74, 6) is -0.643. The molecule has 0 radical (unpaired) electrons. The highest BCUT2D eigenvalue weighted by molar-refractivity contribution is 8.00. The summed E-state index contributed by atoms with van der Waals surface area (Å²) >= 11 is 1.16. The molecule has 0 spiro atoms. The van der Waals surface area contributed by atoms with Crippen LogP contribution in [0, 0.1) is 0 Å². The predicted molar refractivity (Wildman–Crippen MR) is 94.5 cm³/mol. The molecule has 1 aromatic heterocycles. The number of hydrogen-bond acceptors (Lipinski definition) is 6. The monoisotopic (exact) mass is 361 g/mol. The summed E-state index contributed by atoms with van der Waals surface area (Å²) in [5, 5.41) is 3.25. The number of aromatic nitrogens is 2. The van der Waals surface area contributed by atoms with E-state index in [1.165, 1.54) is 11.7 Å². The molecule has 1 aliphatic carbocycles. The van der Waals surface area contributed by atoms with E-state index in [1.807, 2.05) is 0 Å². The topological polar surface area (TPSA) is 90.3 Å². The van der Waals surface area contributed by atoms with Crippen LogP contribution in [0.25, 0.3) is 10.9 Å². The minimum atomic E-state index is -0.545. The number of benzene rings is 1. The average molecular weight is 361 g/mol. The molecule has 7 nitrogen and oxygen atoms in total. The molecule has 1 amide bonds. The average Bonchev–Trinajstić information content (AvgIpc) is 3.42. The largest absolute Gasteiger partial charge is 0.468 e. The highest BCUT2D eigenvalue weighted by atomic mass is 32.2. The van der Waals surface area contributed by atoms with Crippen molar-refractivity contribution in [2.24, 2.45) is 0 Å². The minimum absolute atomic E-state index is 0.0977. The lowest BCUT2D eigenvalue weighted by Gasteiger charge is -2.15. The Labute approximate surface area is 148 Å². The molecule has 2 aromatic rings. The molecule has 0 aliphatic heterocycles. The molecule has 1 saturated carbocycles. The third-order valence-electron chi connectivity index (χ3n) is 3.92. The van der Waals surface area contributed by atoms with Gasteiger partial charge in [0.05, 0.1) is 23.3 Å². The fraction of sp³-hybridized carbons (Fsp3) is 0.412. The molecule has 0 unspecified atom stereocenters. The Bertz CT molecular complexity index is 876. The number of esters is 1. The fourth-order valence-electron chi connectivity index (χ4n) is 2.33. The molecule has 1 heterocycles. The zero-order valence-corrected chi connectivity index (χ0v) is 14.8. The van der Waals surface area contributed by atoms with E-state index in [2.05, 4.69) is 15.0 Å². The number of thioether (sulfide) groups is 1. The molecule has 1 aliphatic rings. The lowest BCUT2D eigenvalue weighted by molar-refractivity contribution is -0.141. The van der Waals surface area contributed by atoms with Crippen molar-refractivity contribution in [3.05, 3.63) is 34.6 Å². The molecule has 0 saturated heterocycles. The molecular formula is C17H19N3O4S. The van der Waals surface area contributed by atoms with Crippen LogP contribution in [-0.2, 0) is 20.9 Å². The quantitative estimate of drug-likeness (QED) is 0.474. The minimum Gasteiger partial charge on any atom is -0.468 e.